The van der Waals surface area contributed by atoms with Crippen LogP contribution in [-0.4, -0.2) is 21.4 Å². The molecule has 0 unspecified atom stereocenters. The van der Waals surface area contributed by atoms with Gasteiger partial charge < -0.3 is 5.73 Å². The number of fused-ring (bicyclic) bond motifs is 1. The molecular formula is C20H18N4S. The molecule has 1 aliphatic heterocycles. The van der Waals surface area contributed by atoms with Gasteiger partial charge in [-0.3, -0.25) is 4.90 Å². The van der Waals surface area contributed by atoms with Gasteiger partial charge in [-0.25, -0.2) is 9.97 Å². The molecule has 0 atom stereocenters. The number of anilines is 1. The summed E-state index contributed by atoms with van der Waals surface area (Å²) in [7, 11) is 0. The molecule has 2 aromatic heterocycles. The molecule has 25 heavy (non-hydrogen) atoms. The molecule has 0 amide bonds. The van der Waals surface area contributed by atoms with Crippen LogP contribution in [0.15, 0.2) is 48.7 Å². The van der Waals surface area contributed by atoms with E-state index in [-0.39, 0.29) is 0 Å². The number of nitrogens with zero attached hydrogens (tertiary/aromatic N) is 3. The predicted molar refractivity (Wildman–Crippen MR) is 101 cm³/mol. The van der Waals surface area contributed by atoms with Crippen LogP contribution in [0.3, 0.4) is 0 Å². The highest BCUT2D eigenvalue weighted by Gasteiger charge is 2.18. The van der Waals surface area contributed by atoms with E-state index in [2.05, 4.69) is 38.8 Å². The summed E-state index contributed by atoms with van der Waals surface area (Å²) in [5.41, 5.74) is 8.98. The van der Waals surface area contributed by atoms with E-state index in [0.717, 1.165) is 42.2 Å². The van der Waals surface area contributed by atoms with Gasteiger partial charge in [-0.05, 0) is 24.3 Å². The topological polar surface area (TPSA) is 55.0 Å². The van der Waals surface area contributed by atoms with Crippen molar-refractivity contribution in [1.29, 1.82) is 0 Å². The van der Waals surface area contributed by atoms with Gasteiger partial charge in [-0.2, -0.15) is 0 Å². The zero-order valence-electron chi connectivity index (χ0n) is 13.8. The smallest absolute Gasteiger partial charge is 0.220 e. The number of hydrogen-bond donors (Lipinski definition) is 1. The van der Waals surface area contributed by atoms with Crippen LogP contribution >= 0.6 is 11.3 Å². The number of nitrogens with two attached hydrogens (primary N) is 1. The lowest BCUT2D eigenvalue weighted by Crippen LogP contribution is -2.30. The molecule has 0 radical (unpaired) electrons. The Kier molecular flexibility index (Phi) is 4.47. The van der Waals surface area contributed by atoms with Gasteiger partial charge in [0.05, 0.1) is 10.6 Å². The summed E-state index contributed by atoms with van der Waals surface area (Å²) in [4.78, 5) is 13.3. The molecule has 3 heterocycles. The molecule has 1 aliphatic rings. The lowest BCUT2D eigenvalue weighted by atomic mass is 10.1. The summed E-state index contributed by atoms with van der Waals surface area (Å²) >= 11 is 1.76. The van der Waals surface area contributed by atoms with Gasteiger partial charge in [0, 0.05) is 48.3 Å². The summed E-state index contributed by atoms with van der Waals surface area (Å²) < 4.78 is 0. The first-order chi connectivity index (χ1) is 12.3. The van der Waals surface area contributed by atoms with E-state index >= 15 is 0 Å². The minimum absolute atomic E-state index is 0.368. The van der Waals surface area contributed by atoms with E-state index < -0.39 is 0 Å². The van der Waals surface area contributed by atoms with Gasteiger partial charge in [0.25, 0.3) is 0 Å². The van der Waals surface area contributed by atoms with Crippen molar-refractivity contribution in [3.8, 4) is 11.8 Å². The lowest BCUT2D eigenvalue weighted by Gasteiger charge is -2.27. The Hall–Kier alpha value is -2.68. The second-order valence-electron chi connectivity index (χ2n) is 6.04. The summed E-state index contributed by atoms with van der Waals surface area (Å²) in [5, 5.41) is 0. The maximum atomic E-state index is 5.67. The van der Waals surface area contributed by atoms with Gasteiger partial charge in [0.15, 0.2) is 0 Å². The predicted octanol–water partition coefficient (Wildman–Crippen LogP) is 3.08. The fourth-order valence-corrected chi connectivity index (χ4v) is 3.83. The molecule has 0 saturated heterocycles. The van der Waals surface area contributed by atoms with Crippen molar-refractivity contribution >= 4 is 17.3 Å². The minimum Gasteiger partial charge on any atom is -0.368 e. The molecule has 5 heteroatoms. The molecule has 4 nitrogen and oxygen atoms in total. The number of thiophene rings is 1. The molecule has 1 aromatic carbocycles. The number of hydrogen-bond acceptors (Lipinski definition) is 5. The number of rotatable bonds is 2. The summed E-state index contributed by atoms with van der Waals surface area (Å²) in [6, 6.07) is 14.4. The maximum absolute atomic E-state index is 5.67. The number of aromatic nitrogens is 2. The van der Waals surface area contributed by atoms with Crippen molar-refractivity contribution in [2.24, 2.45) is 0 Å². The standard InChI is InChI=1S/C20H18N4S/c21-20-22-12-16-13-24(11-10-19(16)23-20)14-18-9-8-17(25-18)7-6-15-4-2-1-3-5-15/h1-5,8-9,12H,10-11,13-14H2,(H2,21,22,23). The van der Waals surface area contributed by atoms with E-state index in [1.54, 1.807) is 11.3 Å². The quantitative estimate of drug-likeness (QED) is 0.725. The van der Waals surface area contributed by atoms with Gasteiger partial charge in [0.2, 0.25) is 5.95 Å². The van der Waals surface area contributed by atoms with E-state index in [4.69, 9.17) is 5.73 Å². The molecule has 3 aromatic rings. The molecule has 0 bridgehead atoms. The Morgan fingerprint density at radius 1 is 1.12 bits per heavy atom. The summed E-state index contributed by atoms with van der Waals surface area (Å²) in [6.45, 7) is 2.80. The summed E-state index contributed by atoms with van der Waals surface area (Å²) in [6.07, 6.45) is 2.78. The van der Waals surface area contributed by atoms with Crippen molar-refractivity contribution in [1.82, 2.24) is 14.9 Å². The monoisotopic (exact) mass is 346 g/mol. The van der Waals surface area contributed by atoms with Crippen molar-refractivity contribution in [2.75, 3.05) is 12.3 Å². The molecule has 0 fully saturated rings. The fraction of sp³-hybridized carbons (Fsp3) is 0.200. The van der Waals surface area contributed by atoms with Crippen molar-refractivity contribution in [3.63, 3.8) is 0 Å². The van der Waals surface area contributed by atoms with E-state index in [9.17, 15) is 0 Å². The molecule has 0 aliphatic carbocycles. The van der Waals surface area contributed by atoms with Crippen molar-refractivity contribution in [2.45, 2.75) is 19.5 Å². The Morgan fingerprint density at radius 2 is 2.00 bits per heavy atom. The van der Waals surface area contributed by atoms with Crippen molar-refractivity contribution < 1.29 is 0 Å². The first-order valence-electron chi connectivity index (χ1n) is 8.25. The van der Waals surface area contributed by atoms with Gasteiger partial charge in [0.1, 0.15) is 0 Å². The Balaban J connectivity index is 1.42. The Bertz CT molecular complexity index is 937. The summed E-state index contributed by atoms with van der Waals surface area (Å²) in [5.74, 6) is 6.84. The number of benzene rings is 1. The Labute approximate surface area is 151 Å². The van der Waals surface area contributed by atoms with E-state index in [1.165, 1.54) is 10.4 Å². The van der Waals surface area contributed by atoms with Crippen LogP contribution in [0.2, 0.25) is 0 Å². The van der Waals surface area contributed by atoms with Gasteiger partial charge >= 0.3 is 0 Å². The molecule has 0 spiro atoms. The highest BCUT2D eigenvalue weighted by Crippen LogP contribution is 2.22. The van der Waals surface area contributed by atoms with Gasteiger partial charge in [-0.1, -0.05) is 30.0 Å². The van der Waals surface area contributed by atoms with Crippen LogP contribution in [0.5, 0.6) is 0 Å². The molecular weight excluding hydrogens is 328 g/mol. The van der Waals surface area contributed by atoms with Gasteiger partial charge in [-0.15, -0.1) is 11.3 Å². The second-order valence-corrected chi connectivity index (χ2v) is 7.21. The SMILES string of the molecule is Nc1ncc2c(n1)CCN(Cc1ccc(C#Cc3ccccc3)s1)C2. The normalized spacial score (nSPS) is 13.8. The third kappa shape index (κ3) is 3.87. The highest BCUT2D eigenvalue weighted by atomic mass is 32.1. The van der Waals surface area contributed by atoms with Crippen LogP contribution in [0.1, 0.15) is 26.6 Å². The van der Waals surface area contributed by atoms with Crippen LogP contribution in [0, 0.1) is 11.8 Å². The van der Waals surface area contributed by atoms with Crippen LogP contribution < -0.4 is 5.73 Å². The van der Waals surface area contributed by atoms with Crippen LogP contribution in [0.4, 0.5) is 5.95 Å². The molecule has 0 saturated carbocycles. The lowest BCUT2D eigenvalue weighted by molar-refractivity contribution is 0.245. The highest BCUT2D eigenvalue weighted by molar-refractivity contribution is 7.12. The zero-order chi connectivity index (χ0) is 17.1. The third-order valence-electron chi connectivity index (χ3n) is 4.18. The first kappa shape index (κ1) is 15.8. The van der Waals surface area contributed by atoms with Crippen molar-refractivity contribution in [3.05, 3.63) is 75.2 Å². The van der Waals surface area contributed by atoms with Crippen LogP contribution in [-0.2, 0) is 19.5 Å². The molecule has 4 rings (SSSR count). The van der Waals surface area contributed by atoms with Crippen LogP contribution in [0.25, 0.3) is 0 Å². The molecule has 124 valence electrons. The Morgan fingerprint density at radius 3 is 2.88 bits per heavy atom. The zero-order valence-corrected chi connectivity index (χ0v) is 14.6. The second kappa shape index (κ2) is 7.06. The fourth-order valence-electron chi connectivity index (χ4n) is 2.93. The van der Waals surface area contributed by atoms with E-state index in [1.807, 2.05) is 36.5 Å². The minimum atomic E-state index is 0.368. The third-order valence-corrected chi connectivity index (χ3v) is 5.16. The number of nitrogen functional groups attached to an aromatic ring is 1. The first-order valence-corrected chi connectivity index (χ1v) is 9.06. The molecule has 2 N–H and O–H groups in total. The average molecular weight is 346 g/mol. The largest absolute Gasteiger partial charge is 0.368 e. The average Bonchev–Trinajstić information content (AvgIpc) is 3.08. The maximum Gasteiger partial charge on any atom is 0.220 e. The van der Waals surface area contributed by atoms with E-state index in [0.29, 0.717) is 5.95 Å².